The van der Waals surface area contributed by atoms with Crippen LogP contribution in [0.2, 0.25) is 0 Å². The van der Waals surface area contributed by atoms with Crippen molar-refractivity contribution in [3.05, 3.63) is 65.6 Å². The summed E-state index contributed by atoms with van der Waals surface area (Å²) in [5.74, 6) is -0.319. The number of hydrogen-bond donors (Lipinski definition) is 1. The molecule has 0 fully saturated rings. The van der Waals surface area contributed by atoms with Crippen LogP contribution in [0.1, 0.15) is 28.7 Å². The van der Waals surface area contributed by atoms with Crippen LogP contribution in [0.4, 0.5) is 0 Å². The Hall–Kier alpha value is -2.62. The third kappa shape index (κ3) is 2.94. The average Bonchev–Trinajstić information content (AvgIpc) is 2.92. The number of H-pyrrole nitrogens is 1. The number of aromatic amines is 1. The van der Waals surface area contributed by atoms with Gasteiger partial charge in [-0.2, -0.15) is 0 Å². The lowest BCUT2D eigenvalue weighted by Gasteiger charge is -2.01. The average molecular weight is 280 g/mol. The standard InChI is InChI=1S/C17H16N2O2/c1-2-21-17(20)16-11-13-9-12(6-7-15(13)19-16)10-14-5-3-4-8-18-14/h3-9,11,19H,2,10H2,1H3. The van der Waals surface area contributed by atoms with Crippen molar-refractivity contribution in [3.8, 4) is 0 Å². The Bertz CT molecular complexity index is 763. The van der Waals surface area contributed by atoms with Gasteiger partial charge < -0.3 is 9.72 Å². The number of rotatable bonds is 4. The van der Waals surface area contributed by atoms with E-state index in [1.807, 2.05) is 36.4 Å². The lowest BCUT2D eigenvalue weighted by atomic mass is 10.1. The summed E-state index contributed by atoms with van der Waals surface area (Å²) in [5, 5.41) is 1.01. The van der Waals surface area contributed by atoms with Gasteiger partial charge in [-0.1, -0.05) is 12.1 Å². The number of hydrogen-bond acceptors (Lipinski definition) is 3. The molecule has 0 atom stereocenters. The number of aromatic nitrogens is 2. The van der Waals surface area contributed by atoms with Crippen LogP contribution in [0.5, 0.6) is 0 Å². The maximum Gasteiger partial charge on any atom is 0.354 e. The second-order valence-electron chi connectivity index (χ2n) is 4.82. The van der Waals surface area contributed by atoms with E-state index in [2.05, 4.69) is 16.0 Å². The number of benzene rings is 1. The van der Waals surface area contributed by atoms with E-state index in [4.69, 9.17) is 4.74 Å². The number of fused-ring (bicyclic) bond motifs is 1. The Morgan fingerprint density at radius 1 is 1.24 bits per heavy atom. The van der Waals surface area contributed by atoms with Crippen molar-refractivity contribution in [3.63, 3.8) is 0 Å². The SMILES string of the molecule is CCOC(=O)c1cc2cc(Cc3ccccn3)ccc2[nH]1. The molecule has 106 valence electrons. The van der Waals surface area contributed by atoms with E-state index in [9.17, 15) is 4.79 Å². The molecule has 2 heterocycles. The second-order valence-corrected chi connectivity index (χ2v) is 4.82. The minimum absolute atomic E-state index is 0.319. The van der Waals surface area contributed by atoms with E-state index in [1.165, 1.54) is 0 Å². The lowest BCUT2D eigenvalue weighted by molar-refractivity contribution is 0.0520. The van der Waals surface area contributed by atoms with Crippen LogP contribution in [-0.4, -0.2) is 22.5 Å². The van der Waals surface area contributed by atoms with Gasteiger partial charge in [0, 0.05) is 29.2 Å². The Balaban J connectivity index is 1.88. The number of esters is 1. The Morgan fingerprint density at radius 3 is 2.90 bits per heavy atom. The van der Waals surface area contributed by atoms with Crippen molar-refractivity contribution in [2.45, 2.75) is 13.3 Å². The summed E-state index contributed by atoms with van der Waals surface area (Å²) in [6.07, 6.45) is 2.57. The maximum atomic E-state index is 11.7. The molecular formula is C17H16N2O2. The number of ether oxygens (including phenoxy) is 1. The van der Waals surface area contributed by atoms with E-state index >= 15 is 0 Å². The number of carbonyl (C=O) groups is 1. The first kappa shape index (κ1) is 13.4. The van der Waals surface area contributed by atoms with E-state index in [1.54, 1.807) is 13.1 Å². The second kappa shape index (κ2) is 5.79. The minimum Gasteiger partial charge on any atom is -0.461 e. The number of carbonyl (C=O) groups excluding carboxylic acids is 1. The first-order chi connectivity index (χ1) is 10.3. The van der Waals surface area contributed by atoms with E-state index in [0.29, 0.717) is 12.3 Å². The zero-order chi connectivity index (χ0) is 14.7. The van der Waals surface area contributed by atoms with Gasteiger partial charge in [-0.15, -0.1) is 0 Å². The highest BCUT2D eigenvalue weighted by Gasteiger charge is 2.10. The largest absolute Gasteiger partial charge is 0.461 e. The molecule has 4 nitrogen and oxygen atoms in total. The molecule has 3 rings (SSSR count). The first-order valence-electron chi connectivity index (χ1n) is 6.95. The molecule has 0 saturated carbocycles. The molecule has 0 aliphatic rings. The van der Waals surface area contributed by atoms with Crippen molar-refractivity contribution >= 4 is 16.9 Å². The van der Waals surface area contributed by atoms with E-state index < -0.39 is 0 Å². The van der Waals surface area contributed by atoms with Gasteiger partial charge in [0.25, 0.3) is 0 Å². The van der Waals surface area contributed by atoms with Crippen LogP contribution in [0.3, 0.4) is 0 Å². The molecule has 2 aromatic heterocycles. The van der Waals surface area contributed by atoms with Crippen molar-refractivity contribution in [2.24, 2.45) is 0 Å². The minimum atomic E-state index is -0.319. The van der Waals surface area contributed by atoms with Gasteiger partial charge in [-0.25, -0.2) is 4.79 Å². The molecule has 0 spiro atoms. The topological polar surface area (TPSA) is 55.0 Å². The van der Waals surface area contributed by atoms with Gasteiger partial charge in [-0.3, -0.25) is 4.98 Å². The van der Waals surface area contributed by atoms with Crippen LogP contribution < -0.4 is 0 Å². The molecule has 4 heteroatoms. The predicted molar refractivity (Wildman–Crippen MR) is 81.3 cm³/mol. The van der Waals surface area contributed by atoms with Crippen molar-refractivity contribution in [1.82, 2.24) is 9.97 Å². The van der Waals surface area contributed by atoms with Gasteiger partial charge in [0.1, 0.15) is 5.69 Å². The van der Waals surface area contributed by atoms with Gasteiger partial charge in [-0.05, 0) is 42.8 Å². The Kier molecular flexibility index (Phi) is 3.69. The molecule has 3 aromatic rings. The third-order valence-corrected chi connectivity index (χ3v) is 3.29. The summed E-state index contributed by atoms with van der Waals surface area (Å²) in [4.78, 5) is 19.1. The fraction of sp³-hybridized carbons (Fsp3) is 0.176. The van der Waals surface area contributed by atoms with Crippen molar-refractivity contribution in [2.75, 3.05) is 6.61 Å². The van der Waals surface area contributed by atoms with Crippen LogP contribution in [0.15, 0.2) is 48.7 Å². The monoisotopic (exact) mass is 280 g/mol. The zero-order valence-electron chi connectivity index (χ0n) is 11.8. The number of nitrogens with zero attached hydrogens (tertiary/aromatic N) is 1. The van der Waals surface area contributed by atoms with Crippen LogP contribution >= 0.6 is 0 Å². The molecule has 0 radical (unpaired) electrons. The smallest absolute Gasteiger partial charge is 0.354 e. The van der Waals surface area contributed by atoms with Gasteiger partial charge in [0.2, 0.25) is 0 Å². The number of pyridine rings is 1. The Morgan fingerprint density at radius 2 is 2.14 bits per heavy atom. The molecule has 0 aliphatic carbocycles. The van der Waals surface area contributed by atoms with Gasteiger partial charge in [0.15, 0.2) is 0 Å². The number of nitrogens with one attached hydrogen (secondary N) is 1. The van der Waals surface area contributed by atoms with E-state index in [0.717, 1.165) is 28.6 Å². The normalized spacial score (nSPS) is 10.7. The van der Waals surface area contributed by atoms with Crippen molar-refractivity contribution in [1.29, 1.82) is 0 Å². The predicted octanol–water partition coefficient (Wildman–Crippen LogP) is 3.33. The zero-order valence-corrected chi connectivity index (χ0v) is 11.8. The molecular weight excluding hydrogens is 264 g/mol. The quantitative estimate of drug-likeness (QED) is 0.746. The fourth-order valence-electron chi connectivity index (χ4n) is 2.32. The van der Waals surface area contributed by atoms with Gasteiger partial charge in [0.05, 0.1) is 6.61 Å². The highest BCUT2D eigenvalue weighted by Crippen LogP contribution is 2.19. The van der Waals surface area contributed by atoms with Crippen molar-refractivity contribution < 1.29 is 9.53 Å². The molecule has 21 heavy (non-hydrogen) atoms. The molecule has 0 unspecified atom stereocenters. The fourth-order valence-corrected chi connectivity index (χ4v) is 2.32. The molecule has 1 aromatic carbocycles. The molecule has 0 bridgehead atoms. The summed E-state index contributed by atoms with van der Waals surface area (Å²) >= 11 is 0. The molecule has 0 aliphatic heterocycles. The van der Waals surface area contributed by atoms with E-state index in [-0.39, 0.29) is 5.97 Å². The molecule has 0 amide bonds. The molecule has 0 saturated heterocycles. The summed E-state index contributed by atoms with van der Waals surface area (Å²) < 4.78 is 5.00. The highest BCUT2D eigenvalue weighted by molar-refractivity contribution is 5.95. The van der Waals surface area contributed by atoms with Crippen LogP contribution in [-0.2, 0) is 11.2 Å². The van der Waals surface area contributed by atoms with Gasteiger partial charge >= 0.3 is 5.97 Å². The summed E-state index contributed by atoms with van der Waals surface area (Å²) in [5.41, 5.74) is 3.61. The maximum absolute atomic E-state index is 11.7. The summed E-state index contributed by atoms with van der Waals surface area (Å²) in [6.45, 7) is 2.17. The molecule has 1 N–H and O–H groups in total. The van der Waals surface area contributed by atoms with Crippen LogP contribution in [0, 0.1) is 0 Å². The highest BCUT2D eigenvalue weighted by atomic mass is 16.5. The van der Waals surface area contributed by atoms with Crippen LogP contribution in [0.25, 0.3) is 10.9 Å². The third-order valence-electron chi connectivity index (χ3n) is 3.29. The Labute approximate surface area is 122 Å². The first-order valence-corrected chi connectivity index (χ1v) is 6.95. The summed E-state index contributed by atoms with van der Waals surface area (Å²) in [6, 6.07) is 13.8. The lowest BCUT2D eigenvalue weighted by Crippen LogP contribution is -2.04. The summed E-state index contributed by atoms with van der Waals surface area (Å²) in [7, 11) is 0.